The van der Waals surface area contributed by atoms with Gasteiger partial charge in [-0.15, -0.1) is 11.3 Å². The Hall–Kier alpha value is -2.86. The van der Waals surface area contributed by atoms with Crippen molar-refractivity contribution >= 4 is 33.1 Å². The molecule has 0 spiro atoms. The molecule has 0 aliphatic carbocycles. The first-order valence-corrected chi connectivity index (χ1v) is 7.96. The average Bonchev–Trinajstić information content (AvgIpc) is 2.95. The molecule has 5 nitrogen and oxygen atoms in total. The molecule has 112 valence electrons. The lowest BCUT2D eigenvalue weighted by Gasteiger charge is -2.07. The molecule has 0 atom stereocenters. The van der Waals surface area contributed by atoms with E-state index < -0.39 is 0 Å². The third-order valence-corrected chi connectivity index (χ3v) is 4.33. The number of hydrogen-bond acceptors (Lipinski definition) is 6. The number of aromatic nitrogens is 4. The van der Waals surface area contributed by atoms with E-state index >= 15 is 0 Å². The summed E-state index contributed by atoms with van der Waals surface area (Å²) in [6, 6.07) is 9.96. The van der Waals surface area contributed by atoms with Gasteiger partial charge in [0.25, 0.3) is 0 Å². The van der Waals surface area contributed by atoms with E-state index in [4.69, 9.17) is 0 Å². The summed E-state index contributed by atoms with van der Waals surface area (Å²) in [6.45, 7) is 2.02. The van der Waals surface area contributed by atoms with E-state index in [1.807, 2.05) is 31.2 Å². The second kappa shape index (κ2) is 5.73. The van der Waals surface area contributed by atoms with Gasteiger partial charge in [-0.25, -0.2) is 9.97 Å². The molecule has 3 aromatic heterocycles. The first-order chi connectivity index (χ1) is 11.3. The molecule has 4 rings (SSSR count). The summed E-state index contributed by atoms with van der Waals surface area (Å²) in [5, 5.41) is 4.36. The molecule has 1 N–H and O–H groups in total. The van der Waals surface area contributed by atoms with Gasteiger partial charge >= 0.3 is 0 Å². The monoisotopic (exact) mass is 319 g/mol. The van der Waals surface area contributed by atoms with Gasteiger partial charge in [-0.2, -0.15) is 0 Å². The third-order valence-electron chi connectivity index (χ3n) is 3.38. The highest BCUT2D eigenvalue weighted by molar-refractivity contribution is 7.18. The van der Waals surface area contributed by atoms with E-state index in [9.17, 15) is 0 Å². The Bertz CT molecular complexity index is 965. The SMILES string of the molecule is Cc1nc2cc(Nc3cncc(-c4ccncc4)n3)ccc2s1. The van der Waals surface area contributed by atoms with Crippen LogP contribution in [0.5, 0.6) is 0 Å². The minimum Gasteiger partial charge on any atom is -0.339 e. The Balaban J connectivity index is 1.65. The standard InChI is InChI=1S/C17H13N5S/c1-11-20-14-8-13(2-3-16(14)23-11)21-17-10-19-9-15(22-17)12-4-6-18-7-5-12/h2-10H,1H3,(H,21,22). The molecule has 0 amide bonds. The van der Waals surface area contributed by atoms with Crippen LogP contribution in [-0.2, 0) is 0 Å². The summed E-state index contributed by atoms with van der Waals surface area (Å²) in [6.07, 6.45) is 6.94. The van der Waals surface area contributed by atoms with Gasteiger partial charge in [-0.05, 0) is 37.3 Å². The van der Waals surface area contributed by atoms with Crippen LogP contribution in [-0.4, -0.2) is 19.9 Å². The lowest BCUT2D eigenvalue weighted by atomic mass is 10.2. The maximum absolute atomic E-state index is 4.60. The van der Waals surface area contributed by atoms with Crippen LogP contribution in [0.2, 0.25) is 0 Å². The van der Waals surface area contributed by atoms with Crippen molar-refractivity contribution in [3.05, 3.63) is 60.1 Å². The maximum Gasteiger partial charge on any atom is 0.149 e. The predicted molar refractivity (Wildman–Crippen MR) is 92.9 cm³/mol. The Morgan fingerprint density at radius 1 is 0.957 bits per heavy atom. The van der Waals surface area contributed by atoms with Crippen molar-refractivity contribution < 1.29 is 0 Å². The lowest BCUT2D eigenvalue weighted by molar-refractivity contribution is 1.20. The number of benzene rings is 1. The van der Waals surface area contributed by atoms with Crippen LogP contribution in [0.4, 0.5) is 11.5 Å². The number of fused-ring (bicyclic) bond motifs is 1. The van der Waals surface area contributed by atoms with Gasteiger partial charge in [0, 0.05) is 23.6 Å². The van der Waals surface area contributed by atoms with Gasteiger partial charge in [0.1, 0.15) is 5.82 Å². The second-order valence-corrected chi connectivity index (χ2v) is 6.30. The number of anilines is 2. The van der Waals surface area contributed by atoms with E-state index in [2.05, 4.69) is 31.3 Å². The number of nitrogens with one attached hydrogen (secondary N) is 1. The van der Waals surface area contributed by atoms with Crippen LogP contribution in [0.25, 0.3) is 21.5 Å². The fourth-order valence-electron chi connectivity index (χ4n) is 2.36. The van der Waals surface area contributed by atoms with Gasteiger partial charge in [-0.1, -0.05) is 0 Å². The molecule has 4 aromatic rings. The molecular weight excluding hydrogens is 306 g/mol. The molecule has 6 heteroatoms. The first-order valence-electron chi connectivity index (χ1n) is 7.14. The van der Waals surface area contributed by atoms with Gasteiger partial charge in [0.2, 0.25) is 0 Å². The van der Waals surface area contributed by atoms with Gasteiger partial charge < -0.3 is 5.32 Å². The van der Waals surface area contributed by atoms with Crippen molar-refractivity contribution in [2.45, 2.75) is 6.92 Å². The fraction of sp³-hybridized carbons (Fsp3) is 0.0588. The Kier molecular flexibility index (Phi) is 3.44. The summed E-state index contributed by atoms with van der Waals surface area (Å²) >= 11 is 1.69. The van der Waals surface area contributed by atoms with Crippen molar-refractivity contribution in [2.24, 2.45) is 0 Å². The van der Waals surface area contributed by atoms with E-state index in [-0.39, 0.29) is 0 Å². The normalized spacial score (nSPS) is 10.8. The molecule has 0 saturated carbocycles. The third kappa shape index (κ3) is 2.89. The summed E-state index contributed by atoms with van der Waals surface area (Å²) in [7, 11) is 0. The molecule has 1 aromatic carbocycles. The number of aryl methyl sites for hydroxylation is 1. The fourth-order valence-corrected chi connectivity index (χ4v) is 3.16. The lowest BCUT2D eigenvalue weighted by Crippen LogP contribution is -1.96. The molecule has 0 aliphatic rings. The minimum atomic E-state index is 0.700. The van der Waals surface area contributed by atoms with Gasteiger partial charge in [-0.3, -0.25) is 9.97 Å². The molecule has 0 saturated heterocycles. The van der Waals surface area contributed by atoms with Crippen molar-refractivity contribution in [3.63, 3.8) is 0 Å². The van der Waals surface area contributed by atoms with Gasteiger partial charge in [0.05, 0.1) is 33.3 Å². The number of hydrogen-bond donors (Lipinski definition) is 1. The van der Waals surface area contributed by atoms with Crippen LogP contribution in [0, 0.1) is 6.92 Å². The summed E-state index contributed by atoms with van der Waals surface area (Å²) in [4.78, 5) is 17.4. The highest BCUT2D eigenvalue weighted by atomic mass is 32.1. The molecule has 23 heavy (non-hydrogen) atoms. The average molecular weight is 319 g/mol. The van der Waals surface area contributed by atoms with Crippen molar-refractivity contribution in [3.8, 4) is 11.3 Å². The molecular formula is C17H13N5S. The molecule has 3 heterocycles. The zero-order valence-electron chi connectivity index (χ0n) is 12.4. The van der Waals surface area contributed by atoms with E-state index in [0.29, 0.717) is 5.82 Å². The second-order valence-electron chi connectivity index (χ2n) is 5.07. The largest absolute Gasteiger partial charge is 0.339 e. The Morgan fingerprint density at radius 2 is 1.83 bits per heavy atom. The summed E-state index contributed by atoms with van der Waals surface area (Å²) in [5.74, 6) is 0.700. The number of thiazole rings is 1. The van der Waals surface area contributed by atoms with Crippen molar-refractivity contribution in [1.29, 1.82) is 0 Å². The highest BCUT2D eigenvalue weighted by Crippen LogP contribution is 2.26. The van der Waals surface area contributed by atoms with E-state index in [1.54, 1.807) is 36.1 Å². The number of nitrogens with zero attached hydrogens (tertiary/aromatic N) is 4. The van der Waals surface area contributed by atoms with Crippen LogP contribution < -0.4 is 5.32 Å². The summed E-state index contributed by atoms with van der Waals surface area (Å²) < 4.78 is 1.18. The van der Waals surface area contributed by atoms with Gasteiger partial charge in [0.15, 0.2) is 0 Å². The van der Waals surface area contributed by atoms with Crippen LogP contribution in [0.15, 0.2) is 55.1 Å². The molecule has 0 aliphatic heterocycles. The molecule has 0 bridgehead atoms. The quantitative estimate of drug-likeness (QED) is 0.613. The van der Waals surface area contributed by atoms with Crippen LogP contribution in [0.1, 0.15) is 5.01 Å². The van der Waals surface area contributed by atoms with Crippen molar-refractivity contribution in [1.82, 2.24) is 19.9 Å². The smallest absolute Gasteiger partial charge is 0.149 e. The number of rotatable bonds is 3. The van der Waals surface area contributed by atoms with E-state index in [0.717, 1.165) is 27.5 Å². The number of pyridine rings is 1. The zero-order chi connectivity index (χ0) is 15.6. The summed E-state index contributed by atoms with van der Waals surface area (Å²) in [5.41, 5.74) is 3.74. The predicted octanol–water partition coefficient (Wildman–Crippen LogP) is 4.20. The minimum absolute atomic E-state index is 0.700. The Morgan fingerprint density at radius 3 is 2.70 bits per heavy atom. The van der Waals surface area contributed by atoms with Crippen LogP contribution >= 0.6 is 11.3 Å². The zero-order valence-corrected chi connectivity index (χ0v) is 13.2. The molecule has 0 unspecified atom stereocenters. The molecule has 0 fully saturated rings. The topological polar surface area (TPSA) is 63.6 Å². The maximum atomic E-state index is 4.60. The van der Waals surface area contributed by atoms with Crippen LogP contribution in [0.3, 0.4) is 0 Å². The first kappa shape index (κ1) is 13.8. The van der Waals surface area contributed by atoms with Crippen molar-refractivity contribution in [2.75, 3.05) is 5.32 Å². The highest BCUT2D eigenvalue weighted by Gasteiger charge is 2.05. The molecule has 0 radical (unpaired) electrons. The van der Waals surface area contributed by atoms with E-state index in [1.165, 1.54) is 4.70 Å². The Labute approximate surface area is 137 Å².